The molecule has 1 fully saturated rings. The summed E-state index contributed by atoms with van der Waals surface area (Å²) in [6.07, 6.45) is 39.8. The van der Waals surface area contributed by atoms with Crippen molar-refractivity contribution in [3.05, 3.63) is 102 Å². The highest BCUT2D eigenvalue weighted by atomic mass is 16.5. The summed E-state index contributed by atoms with van der Waals surface area (Å²) < 4.78 is 26.4. The van der Waals surface area contributed by atoms with Gasteiger partial charge in [0.1, 0.15) is 17.9 Å². The van der Waals surface area contributed by atoms with Crippen LogP contribution in [0.4, 0.5) is 4.79 Å². The highest BCUT2D eigenvalue weighted by Gasteiger charge is 2.27. The first-order chi connectivity index (χ1) is 36.9. The van der Waals surface area contributed by atoms with Gasteiger partial charge in [-0.15, -0.1) is 0 Å². The van der Waals surface area contributed by atoms with Crippen molar-refractivity contribution < 1.29 is 33.3 Å². The molecule has 2 N–H and O–H groups in total. The predicted octanol–water partition coefficient (Wildman–Crippen LogP) is 18.2. The monoisotopic (exact) mass is 1030 g/mol. The Labute approximate surface area is 452 Å². The summed E-state index contributed by atoms with van der Waals surface area (Å²) in [5.74, 6) is 1.57. The fourth-order valence-corrected chi connectivity index (χ4v) is 9.71. The van der Waals surface area contributed by atoms with Crippen LogP contribution in [0.2, 0.25) is 0 Å². The van der Waals surface area contributed by atoms with Gasteiger partial charge in [0.05, 0.1) is 19.8 Å². The molecular formula is C66H94N2O7. The molecule has 0 aliphatic carbocycles. The van der Waals surface area contributed by atoms with Crippen LogP contribution < -0.4 is 29.6 Å². The van der Waals surface area contributed by atoms with E-state index < -0.39 is 17.8 Å². The number of imide groups is 2. The SMILES string of the molecule is CCCCCCCCCCCCOc1cc(COc2ccc(-c3cccc(-c4ccc(C=C5C(=O)NC(=O)NC5=O)cc4)c3)cc2)cc(OCCCCCCCCCCCC)c1OCCCCCCCCCCCC. The highest BCUT2D eigenvalue weighted by molar-refractivity contribution is 6.31. The van der Waals surface area contributed by atoms with E-state index in [1.54, 1.807) is 0 Å². The van der Waals surface area contributed by atoms with Crippen LogP contribution in [0.3, 0.4) is 0 Å². The largest absolute Gasteiger partial charge is 0.490 e. The van der Waals surface area contributed by atoms with Crippen molar-refractivity contribution in [2.24, 2.45) is 0 Å². The molecular weight excluding hydrogens is 933 g/mol. The number of hydrogen-bond donors (Lipinski definition) is 2. The Morgan fingerprint density at radius 3 is 1.17 bits per heavy atom. The molecule has 0 unspecified atom stereocenters. The van der Waals surface area contributed by atoms with E-state index in [9.17, 15) is 14.4 Å². The topological polar surface area (TPSA) is 112 Å². The van der Waals surface area contributed by atoms with Gasteiger partial charge < -0.3 is 18.9 Å². The molecule has 0 aromatic heterocycles. The van der Waals surface area contributed by atoms with Crippen molar-refractivity contribution >= 4 is 23.9 Å². The zero-order valence-corrected chi connectivity index (χ0v) is 46.6. The maximum absolute atomic E-state index is 12.2. The van der Waals surface area contributed by atoms with E-state index >= 15 is 0 Å². The molecule has 1 aliphatic rings. The molecule has 4 aromatic rings. The summed E-state index contributed by atoms with van der Waals surface area (Å²) in [5, 5.41) is 4.23. The number of benzene rings is 4. The number of carbonyl (C=O) groups is 3. The van der Waals surface area contributed by atoms with Gasteiger partial charge in [0.25, 0.3) is 11.8 Å². The lowest BCUT2D eigenvalue weighted by molar-refractivity contribution is -0.123. The molecule has 410 valence electrons. The highest BCUT2D eigenvalue weighted by Crippen LogP contribution is 2.40. The summed E-state index contributed by atoms with van der Waals surface area (Å²) in [7, 11) is 0. The van der Waals surface area contributed by atoms with E-state index in [1.165, 1.54) is 167 Å². The molecule has 1 saturated heterocycles. The van der Waals surface area contributed by atoms with E-state index in [0.29, 0.717) is 32.0 Å². The van der Waals surface area contributed by atoms with Crippen molar-refractivity contribution in [1.82, 2.24) is 10.6 Å². The molecule has 5 rings (SSSR count). The van der Waals surface area contributed by atoms with E-state index in [1.807, 2.05) is 42.5 Å². The maximum atomic E-state index is 12.2. The van der Waals surface area contributed by atoms with E-state index in [0.717, 1.165) is 82.9 Å². The standard InChI is InChI=1S/C66H94N2O7/c1-4-7-10-13-16-19-22-25-28-31-45-72-61-49-54(50-62(73-46-32-29-26-23-20-17-14-11-8-5-2)63(61)74-47-33-30-27-24-21-18-15-12-9-6-3)52-75-59-43-41-56(42-44-59)58-36-34-35-57(51-58)55-39-37-53(38-40-55)48-60-64(69)67-66(71)68-65(60)70/h34-44,48-51H,4-33,45-47,52H2,1-3H3,(H2,67,68,69,70,71). The van der Waals surface area contributed by atoms with Crippen molar-refractivity contribution in [2.75, 3.05) is 19.8 Å². The second-order valence-electron chi connectivity index (χ2n) is 20.8. The van der Waals surface area contributed by atoms with Gasteiger partial charge in [-0.2, -0.15) is 0 Å². The minimum atomic E-state index is -0.816. The van der Waals surface area contributed by atoms with Crippen LogP contribution in [-0.4, -0.2) is 37.7 Å². The van der Waals surface area contributed by atoms with E-state index in [2.05, 4.69) is 73.9 Å². The molecule has 1 heterocycles. The molecule has 0 atom stereocenters. The Balaban J connectivity index is 1.23. The smallest absolute Gasteiger partial charge is 0.328 e. The van der Waals surface area contributed by atoms with E-state index in [4.69, 9.17) is 18.9 Å². The van der Waals surface area contributed by atoms with Gasteiger partial charge in [0, 0.05) is 0 Å². The first-order valence-corrected chi connectivity index (χ1v) is 29.8. The molecule has 4 aromatic carbocycles. The summed E-state index contributed by atoms with van der Waals surface area (Å²) in [5.41, 5.74) is 5.68. The lowest BCUT2D eigenvalue weighted by Gasteiger charge is -2.19. The van der Waals surface area contributed by atoms with Crippen molar-refractivity contribution in [2.45, 2.75) is 220 Å². The quantitative estimate of drug-likeness (QED) is 0.0258. The maximum Gasteiger partial charge on any atom is 0.328 e. The van der Waals surface area contributed by atoms with Crippen LogP contribution in [0.15, 0.2) is 90.5 Å². The fraction of sp³-hybridized carbons (Fsp3) is 0.561. The van der Waals surface area contributed by atoms with Crippen LogP contribution in [0.25, 0.3) is 28.3 Å². The predicted molar refractivity (Wildman–Crippen MR) is 310 cm³/mol. The number of ether oxygens (including phenoxy) is 4. The average molecular weight is 1030 g/mol. The zero-order valence-electron chi connectivity index (χ0n) is 46.6. The Bertz CT molecular complexity index is 2180. The minimum Gasteiger partial charge on any atom is -0.490 e. The van der Waals surface area contributed by atoms with Crippen LogP contribution in [0.5, 0.6) is 23.0 Å². The van der Waals surface area contributed by atoms with Crippen molar-refractivity contribution in [3.8, 4) is 45.3 Å². The summed E-state index contributed by atoms with van der Waals surface area (Å²) in [6.45, 7) is 9.12. The molecule has 0 saturated carbocycles. The molecule has 0 bridgehead atoms. The summed E-state index contributed by atoms with van der Waals surface area (Å²) in [6, 6.07) is 27.5. The number of amides is 4. The Morgan fingerprint density at radius 1 is 0.387 bits per heavy atom. The van der Waals surface area contributed by atoms with Gasteiger partial charge in [-0.1, -0.05) is 249 Å². The number of carbonyl (C=O) groups excluding carboxylic acids is 3. The Hall–Kier alpha value is -5.57. The molecule has 1 aliphatic heterocycles. The lowest BCUT2D eigenvalue weighted by Crippen LogP contribution is -2.51. The number of urea groups is 1. The third-order valence-electron chi connectivity index (χ3n) is 14.3. The minimum absolute atomic E-state index is 0.114. The van der Waals surface area contributed by atoms with Gasteiger partial charge >= 0.3 is 6.03 Å². The second-order valence-corrected chi connectivity index (χ2v) is 20.8. The summed E-state index contributed by atoms with van der Waals surface area (Å²) >= 11 is 0. The van der Waals surface area contributed by atoms with Gasteiger partial charge in [0.15, 0.2) is 11.5 Å². The molecule has 9 heteroatoms. The number of rotatable bonds is 42. The van der Waals surface area contributed by atoms with Gasteiger partial charge in [0.2, 0.25) is 5.75 Å². The molecule has 4 amide bonds. The third kappa shape index (κ3) is 23.9. The number of unbranched alkanes of at least 4 members (excludes halogenated alkanes) is 27. The van der Waals surface area contributed by atoms with Gasteiger partial charge in [-0.25, -0.2) is 4.79 Å². The Morgan fingerprint density at radius 2 is 0.760 bits per heavy atom. The second kappa shape index (κ2) is 37.2. The Kier molecular flexibility index (Phi) is 29.9. The van der Waals surface area contributed by atoms with Crippen molar-refractivity contribution in [3.63, 3.8) is 0 Å². The lowest BCUT2D eigenvalue weighted by atomic mass is 9.98. The molecule has 0 radical (unpaired) electrons. The van der Waals surface area contributed by atoms with Crippen LogP contribution in [0, 0.1) is 0 Å². The van der Waals surface area contributed by atoms with Gasteiger partial charge in [-0.05, 0) is 89.1 Å². The molecule has 75 heavy (non-hydrogen) atoms. The molecule has 0 spiro atoms. The van der Waals surface area contributed by atoms with Crippen LogP contribution >= 0.6 is 0 Å². The summed E-state index contributed by atoms with van der Waals surface area (Å²) in [4.78, 5) is 35.9. The normalized spacial score (nSPS) is 12.4. The number of nitrogens with one attached hydrogen (secondary N) is 2. The van der Waals surface area contributed by atoms with Crippen LogP contribution in [-0.2, 0) is 16.2 Å². The first-order valence-electron chi connectivity index (χ1n) is 29.8. The number of hydrogen-bond acceptors (Lipinski definition) is 7. The third-order valence-corrected chi connectivity index (χ3v) is 14.3. The van der Waals surface area contributed by atoms with Crippen LogP contribution in [0.1, 0.15) is 225 Å². The average Bonchev–Trinajstić information content (AvgIpc) is 3.42. The zero-order chi connectivity index (χ0) is 53.0. The molecule has 9 nitrogen and oxygen atoms in total. The fourth-order valence-electron chi connectivity index (χ4n) is 9.71. The number of barbiturate groups is 1. The first kappa shape index (κ1) is 60.3. The van der Waals surface area contributed by atoms with Crippen molar-refractivity contribution in [1.29, 1.82) is 0 Å². The van der Waals surface area contributed by atoms with Gasteiger partial charge in [-0.3, -0.25) is 20.2 Å². The van der Waals surface area contributed by atoms with E-state index in [-0.39, 0.29) is 5.57 Å².